The van der Waals surface area contributed by atoms with Crippen LogP contribution in [0.15, 0.2) is 47.2 Å². The van der Waals surface area contributed by atoms with Gasteiger partial charge in [0.25, 0.3) is 0 Å². The van der Waals surface area contributed by atoms with Crippen molar-refractivity contribution in [2.75, 3.05) is 26.1 Å². The number of nitrogens with one attached hydrogen (secondary N) is 1. The van der Waals surface area contributed by atoms with Gasteiger partial charge in [0, 0.05) is 17.9 Å². The number of ether oxygens (including phenoxy) is 3. The van der Waals surface area contributed by atoms with E-state index in [0.717, 1.165) is 16.9 Å². The molecule has 9 nitrogen and oxygen atoms in total. The average Bonchev–Trinajstić information content (AvgIpc) is 3.42. The molecule has 1 aliphatic rings. The second-order valence-corrected chi connectivity index (χ2v) is 6.77. The van der Waals surface area contributed by atoms with E-state index < -0.39 is 5.97 Å². The van der Waals surface area contributed by atoms with Crippen molar-refractivity contribution < 1.29 is 28.2 Å². The highest BCUT2D eigenvalue weighted by Crippen LogP contribution is 2.40. The number of methoxy groups -OCH3 is 2. The van der Waals surface area contributed by atoms with Crippen LogP contribution in [0.5, 0.6) is 11.5 Å². The first-order valence-corrected chi connectivity index (χ1v) is 9.34. The van der Waals surface area contributed by atoms with Crippen LogP contribution in [0.25, 0.3) is 0 Å². The van der Waals surface area contributed by atoms with E-state index in [9.17, 15) is 9.59 Å². The Kier molecular flexibility index (Phi) is 5.42. The first-order valence-electron chi connectivity index (χ1n) is 9.34. The molecular formula is C21H21N3O6. The van der Waals surface area contributed by atoms with Crippen LogP contribution < -0.4 is 14.8 Å². The van der Waals surface area contributed by atoms with Crippen LogP contribution in [0.3, 0.4) is 0 Å². The molecule has 1 aliphatic heterocycles. The molecule has 0 spiro atoms. The first kappa shape index (κ1) is 19.6. The van der Waals surface area contributed by atoms with E-state index in [1.165, 1.54) is 14.2 Å². The number of esters is 1. The quantitative estimate of drug-likeness (QED) is 0.596. The second kappa shape index (κ2) is 8.32. The fourth-order valence-electron chi connectivity index (χ4n) is 3.45. The van der Waals surface area contributed by atoms with Crippen molar-refractivity contribution >= 4 is 17.7 Å². The minimum Gasteiger partial charge on any atom is -0.493 e. The highest BCUT2D eigenvalue weighted by Gasteiger charge is 2.30. The molecule has 156 valence electrons. The Bertz CT molecular complexity index is 1060. The molecule has 3 aromatic rings. The summed E-state index contributed by atoms with van der Waals surface area (Å²) >= 11 is 0. The number of rotatable bonds is 7. The monoisotopic (exact) mass is 411 g/mol. The van der Waals surface area contributed by atoms with Crippen molar-refractivity contribution in [1.82, 2.24) is 9.78 Å². The van der Waals surface area contributed by atoms with Crippen molar-refractivity contribution in [3.8, 4) is 11.5 Å². The molecule has 1 atom stereocenters. The Morgan fingerprint density at radius 3 is 2.90 bits per heavy atom. The number of aromatic nitrogens is 2. The van der Waals surface area contributed by atoms with Gasteiger partial charge in [-0.1, -0.05) is 6.07 Å². The zero-order valence-corrected chi connectivity index (χ0v) is 16.6. The number of anilines is 1. The summed E-state index contributed by atoms with van der Waals surface area (Å²) in [5, 5.41) is 7.35. The Labute approximate surface area is 172 Å². The Morgan fingerprint density at radius 2 is 2.17 bits per heavy atom. The molecule has 0 radical (unpaired) electrons. The van der Waals surface area contributed by atoms with Crippen LogP contribution in [0, 0.1) is 0 Å². The number of nitrogens with zero attached hydrogens (tertiary/aromatic N) is 2. The Balaban J connectivity index is 1.62. The van der Waals surface area contributed by atoms with Gasteiger partial charge in [-0.15, -0.1) is 0 Å². The van der Waals surface area contributed by atoms with Gasteiger partial charge < -0.3 is 23.9 Å². The number of fused-ring (bicyclic) bond motifs is 1. The highest BCUT2D eigenvalue weighted by molar-refractivity contribution is 5.94. The molecule has 1 amide bonds. The molecule has 4 rings (SSSR count). The fourth-order valence-corrected chi connectivity index (χ4v) is 3.45. The first-order chi connectivity index (χ1) is 14.6. The van der Waals surface area contributed by atoms with E-state index in [2.05, 4.69) is 15.2 Å². The number of benzene rings is 1. The number of amides is 1. The molecule has 1 aromatic carbocycles. The summed E-state index contributed by atoms with van der Waals surface area (Å²) in [6, 6.07) is 9.04. The third-order valence-electron chi connectivity index (χ3n) is 4.94. The van der Waals surface area contributed by atoms with E-state index >= 15 is 0 Å². The van der Waals surface area contributed by atoms with E-state index in [4.69, 9.17) is 13.9 Å². The third-order valence-corrected chi connectivity index (χ3v) is 4.94. The molecule has 0 fully saturated rings. The normalized spacial score (nSPS) is 15.3. The van der Waals surface area contributed by atoms with E-state index in [1.807, 2.05) is 24.3 Å². The zero-order chi connectivity index (χ0) is 21.1. The molecule has 9 heteroatoms. The molecular weight excluding hydrogens is 390 g/mol. The fraction of sp³-hybridized carbons (Fsp3) is 0.286. The lowest BCUT2D eigenvalue weighted by Gasteiger charge is -2.24. The molecule has 3 heterocycles. The second-order valence-electron chi connectivity index (χ2n) is 6.77. The van der Waals surface area contributed by atoms with Gasteiger partial charge in [-0.3, -0.25) is 4.79 Å². The minimum absolute atomic E-state index is 0.0984. The van der Waals surface area contributed by atoms with Gasteiger partial charge in [-0.25, -0.2) is 9.48 Å². The lowest BCUT2D eigenvalue weighted by atomic mass is 9.87. The largest absolute Gasteiger partial charge is 0.493 e. The van der Waals surface area contributed by atoms with Crippen LogP contribution in [0.2, 0.25) is 0 Å². The van der Waals surface area contributed by atoms with Crippen molar-refractivity contribution in [2.24, 2.45) is 0 Å². The highest BCUT2D eigenvalue weighted by atomic mass is 16.6. The predicted octanol–water partition coefficient (Wildman–Crippen LogP) is 2.56. The van der Waals surface area contributed by atoms with E-state index in [0.29, 0.717) is 23.9 Å². The van der Waals surface area contributed by atoms with Crippen molar-refractivity contribution in [3.63, 3.8) is 0 Å². The molecule has 0 saturated carbocycles. The smallest absolute Gasteiger partial charge is 0.343 e. The third kappa shape index (κ3) is 3.86. The number of carbonyl (C=O) groups excluding carboxylic acids is 2. The lowest BCUT2D eigenvalue weighted by molar-refractivity contribution is -0.142. The lowest BCUT2D eigenvalue weighted by Crippen LogP contribution is -2.25. The molecule has 30 heavy (non-hydrogen) atoms. The summed E-state index contributed by atoms with van der Waals surface area (Å²) in [5.74, 6) is 1.50. The summed E-state index contributed by atoms with van der Waals surface area (Å²) in [7, 11) is 2.81. The maximum absolute atomic E-state index is 12.4. The Hall–Kier alpha value is -3.75. The number of hydrogen-bond acceptors (Lipinski definition) is 7. The molecule has 0 aliphatic carbocycles. The molecule has 0 bridgehead atoms. The number of hydrogen-bond donors (Lipinski definition) is 1. The van der Waals surface area contributed by atoms with Crippen LogP contribution in [0.1, 0.15) is 29.2 Å². The standard InChI is InChI=1S/C21H21N3O6/c1-27-18-8-13(5-6-17(18)30-12-20(26)28-2)15-9-19(25)23-21-16(15)10-22-24(21)11-14-4-3-7-29-14/h3-8,10,15H,9,11-12H2,1-2H3,(H,23,25)/t15-/m0/s1. The van der Waals surface area contributed by atoms with Gasteiger partial charge >= 0.3 is 5.97 Å². The SMILES string of the molecule is COC(=O)COc1ccc([C@@H]2CC(=O)Nc3c2cnn3Cc2ccco2)cc1OC. The Morgan fingerprint density at radius 1 is 1.30 bits per heavy atom. The van der Waals surface area contributed by atoms with Gasteiger partial charge in [0.05, 0.1) is 26.7 Å². The van der Waals surface area contributed by atoms with Crippen molar-refractivity contribution in [2.45, 2.75) is 18.9 Å². The molecule has 0 unspecified atom stereocenters. The van der Waals surface area contributed by atoms with Crippen LogP contribution in [0.4, 0.5) is 5.82 Å². The maximum atomic E-state index is 12.4. The van der Waals surface area contributed by atoms with Gasteiger partial charge in [-0.2, -0.15) is 5.10 Å². The van der Waals surface area contributed by atoms with E-state index in [-0.39, 0.29) is 24.9 Å². The summed E-state index contributed by atoms with van der Waals surface area (Å²) in [4.78, 5) is 23.8. The summed E-state index contributed by atoms with van der Waals surface area (Å²) < 4.78 is 22.6. The number of carbonyl (C=O) groups is 2. The summed E-state index contributed by atoms with van der Waals surface area (Å²) in [6.07, 6.45) is 3.64. The van der Waals surface area contributed by atoms with E-state index in [1.54, 1.807) is 23.2 Å². The van der Waals surface area contributed by atoms with Crippen LogP contribution in [-0.2, 0) is 20.9 Å². The molecule has 1 N–H and O–H groups in total. The maximum Gasteiger partial charge on any atom is 0.343 e. The van der Waals surface area contributed by atoms with Gasteiger partial charge in [-0.05, 0) is 29.8 Å². The van der Waals surface area contributed by atoms with Gasteiger partial charge in [0.2, 0.25) is 5.91 Å². The van der Waals surface area contributed by atoms with Crippen molar-refractivity contribution in [1.29, 1.82) is 0 Å². The zero-order valence-electron chi connectivity index (χ0n) is 16.6. The summed E-state index contributed by atoms with van der Waals surface area (Å²) in [6.45, 7) is 0.195. The van der Waals surface area contributed by atoms with Crippen molar-refractivity contribution in [3.05, 3.63) is 59.7 Å². The average molecular weight is 411 g/mol. The molecule has 0 saturated heterocycles. The number of furan rings is 1. The molecule has 2 aromatic heterocycles. The van der Waals surface area contributed by atoms with Gasteiger partial charge in [0.1, 0.15) is 18.1 Å². The predicted molar refractivity (Wildman–Crippen MR) is 106 cm³/mol. The summed E-state index contributed by atoms with van der Waals surface area (Å²) in [5.41, 5.74) is 1.79. The minimum atomic E-state index is -0.487. The van der Waals surface area contributed by atoms with Crippen LogP contribution >= 0.6 is 0 Å². The van der Waals surface area contributed by atoms with Gasteiger partial charge in [0.15, 0.2) is 18.1 Å². The topological polar surface area (TPSA) is 105 Å². The van der Waals surface area contributed by atoms with Crippen LogP contribution in [-0.4, -0.2) is 42.5 Å².